The zero-order valence-corrected chi connectivity index (χ0v) is 16.0. The highest BCUT2D eigenvalue weighted by Crippen LogP contribution is 2.29. The molecule has 0 aliphatic carbocycles. The first kappa shape index (κ1) is 17.5. The summed E-state index contributed by atoms with van der Waals surface area (Å²) in [7, 11) is 1.66. The topological polar surface area (TPSA) is 44.1 Å². The maximum Gasteiger partial charge on any atom is 0.267 e. The molecule has 0 saturated heterocycles. The third kappa shape index (κ3) is 3.24. The van der Waals surface area contributed by atoms with Crippen molar-refractivity contribution in [3.05, 3.63) is 50.1 Å². The number of benzene rings is 1. The number of nitrogens with zero attached hydrogens (tertiary/aromatic N) is 2. The normalized spacial score (nSPS) is 11.3. The number of methoxy groups -OCH3 is 1. The SMILES string of the molecule is COCCSc1nc2sc(C)c(C)c2c(=O)n1-c1ccc(Cl)cc1. The Morgan fingerprint density at radius 2 is 2.00 bits per heavy atom. The Balaban J connectivity index is 2.24. The molecule has 3 rings (SSSR count). The molecule has 126 valence electrons. The van der Waals surface area contributed by atoms with Gasteiger partial charge in [-0.15, -0.1) is 11.3 Å². The molecule has 0 spiro atoms. The van der Waals surface area contributed by atoms with E-state index in [0.29, 0.717) is 22.2 Å². The summed E-state index contributed by atoms with van der Waals surface area (Å²) in [6.45, 7) is 4.59. The largest absolute Gasteiger partial charge is 0.384 e. The van der Waals surface area contributed by atoms with Gasteiger partial charge in [-0.25, -0.2) is 4.98 Å². The van der Waals surface area contributed by atoms with Gasteiger partial charge in [-0.2, -0.15) is 0 Å². The molecule has 24 heavy (non-hydrogen) atoms. The van der Waals surface area contributed by atoms with E-state index in [2.05, 4.69) is 0 Å². The molecule has 0 atom stereocenters. The molecule has 1 aromatic carbocycles. The molecule has 0 amide bonds. The highest BCUT2D eigenvalue weighted by atomic mass is 35.5. The van der Waals surface area contributed by atoms with Crippen LogP contribution in [-0.4, -0.2) is 29.0 Å². The minimum Gasteiger partial charge on any atom is -0.384 e. The lowest BCUT2D eigenvalue weighted by molar-refractivity contribution is 0.218. The van der Waals surface area contributed by atoms with Gasteiger partial charge in [0.2, 0.25) is 0 Å². The van der Waals surface area contributed by atoms with Crippen molar-refractivity contribution in [2.24, 2.45) is 0 Å². The number of thiophene rings is 1. The van der Waals surface area contributed by atoms with Gasteiger partial charge in [-0.3, -0.25) is 9.36 Å². The average Bonchev–Trinajstić information content (AvgIpc) is 2.84. The molecular weight excluding hydrogens is 364 g/mol. The van der Waals surface area contributed by atoms with Crippen LogP contribution in [0.2, 0.25) is 5.02 Å². The van der Waals surface area contributed by atoms with Gasteiger partial charge in [0.15, 0.2) is 5.16 Å². The van der Waals surface area contributed by atoms with Crippen molar-refractivity contribution in [2.45, 2.75) is 19.0 Å². The Kier molecular flexibility index (Phi) is 5.30. The molecule has 2 heterocycles. The van der Waals surface area contributed by atoms with Crippen molar-refractivity contribution in [2.75, 3.05) is 19.5 Å². The van der Waals surface area contributed by atoms with E-state index in [1.54, 1.807) is 35.1 Å². The lowest BCUT2D eigenvalue weighted by atomic mass is 10.2. The monoisotopic (exact) mass is 380 g/mol. The van der Waals surface area contributed by atoms with Crippen molar-refractivity contribution in [1.82, 2.24) is 9.55 Å². The number of aryl methyl sites for hydroxylation is 2. The third-order valence-electron chi connectivity index (χ3n) is 3.78. The van der Waals surface area contributed by atoms with Crippen LogP contribution in [0.4, 0.5) is 0 Å². The summed E-state index contributed by atoms with van der Waals surface area (Å²) in [6.07, 6.45) is 0. The number of halogens is 1. The Hall–Kier alpha value is -1.34. The van der Waals surface area contributed by atoms with E-state index in [4.69, 9.17) is 21.3 Å². The van der Waals surface area contributed by atoms with Gasteiger partial charge >= 0.3 is 0 Å². The Bertz CT molecular complexity index is 932. The van der Waals surface area contributed by atoms with Crippen LogP contribution in [0.15, 0.2) is 34.2 Å². The standard InChI is InChI=1S/C17H17ClN2O2S2/c1-10-11(2)24-15-14(10)16(21)20(13-6-4-12(18)5-7-13)17(19-15)23-9-8-22-3/h4-7H,8-9H2,1-3H3. The molecule has 0 unspecified atom stereocenters. The van der Waals surface area contributed by atoms with Crippen LogP contribution in [0, 0.1) is 13.8 Å². The van der Waals surface area contributed by atoms with Crippen LogP contribution in [0.1, 0.15) is 10.4 Å². The van der Waals surface area contributed by atoms with Gasteiger partial charge < -0.3 is 4.74 Å². The second-order valence-corrected chi connectivity index (χ2v) is 8.02. The second kappa shape index (κ2) is 7.27. The van der Waals surface area contributed by atoms with Crippen LogP contribution in [0.5, 0.6) is 0 Å². The molecule has 0 aliphatic heterocycles. The molecule has 0 fully saturated rings. The first-order chi connectivity index (χ1) is 11.5. The van der Waals surface area contributed by atoms with Gasteiger partial charge in [0.1, 0.15) is 4.83 Å². The summed E-state index contributed by atoms with van der Waals surface area (Å²) < 4.78 is 6.78. The summed E-state index contributed by atoms with van der Waals surface area (Å²) in [5.74, 6) is 0.728. The summed E-state index contributed by atoms with van der Waals surface area (Å²) in [6, 6.07) is 7.24. The predicted octanol–water partition coefficient (Wildman–Crippen LogP) is 4.46. The van der Waals surface area contributed by atoms with Gasteiger partial charge in [-0.1, -0.05) is 23.4 Å². The maximum atomic E-state index is 13.2. The highest BCUT2D eigenvalue weighted by Gasteiger charge is 2.17. The van der Waals surface area contributed by atoms with E-state index in [0.717, 1.165) is 26.7 Å². The van der Waals surface area contributed by atoms with Gasteiger partial charge in [0.25, 0.3) is 5.56 Å². The van der Waals surface area contributed by atoms with E-state index in [1.807, 2.05) is 26.0 Å². The van der Waals surface area contributed by atoms with Crippen LogP contribution >= 0.6 is 34.7 Å². The zero-order chi connectivity index (χ0) is 17.3. The van der Waals surface area contributed by atoms with Gasteiger partial charge in [0.05, 0.1) is 17.7 Å². The molecule has 3 aromatic rings. The van der Waals surface area contributed by atoms with Crippen molar-refractivity contribution < 1.29 is 4.74 Å². The predicted molar refractivity (Wildman–Crippen MR) is 102 cm³/mol. The van der Waals surface area contributed by atoms with E-state index in [-0.39, 0.29) is 5.56 Å². The molecule has 0 bridgehead atoms. The Labute approximate surface area is 153 Å². The number of aromatic nitrogens is 2. The number of thioether (sulfide) groups is 1. The number of ether oxygens (including phenoxy) is 1. The smallest absolute Gasteiger partial charge is 0.267 e. The fraction of sp³-hybridized carbons (Fsp3) is 0.294. The summed E-state index contributed by atoms with van der Waals surface area (Å²) >= 11 is 9.06. The fourth-order valence-corrected chi connectivity index (χ4v) is 4.52. The number of hydrogen-bond donors (Lipinski definition) is 0. The summed E-state index contributed by atoms with van der Waals surface area (Å²) in [5, 5.41) is 2.01. The third-order valence-corrected chi connectivity index (χ3v) is 6.03. The van der Waals surface area contributed by atoms with Crippen molar-refractivity contribution in [1.29, 1.82) is 0 Å². The minimum atomic E-state index is -0.0379. The summed E-state index contributed by atoms with van der Waals surface area (Å²) in [5.41, 5.74) is 1.73. The lowest BCUT2D eigenvalue weighted by Gasteiger charge is -2.12. The van der Waals surface area contributed by atoms with Gasteiger partial charge in [-0.05, 0) is 43.7 Å². The van der Waals surface area contributed by atoms with Crippen molar-refractivity contribution >= 4 is 44.9 Å². The molecule has 7 heteroatoms. The highest BCUT2D eigenvalue weighted by molar-refractivity contribution is 7.99. The average molecular weight is 381 g/mol. The first-order valence-electron chi connectivity index (χ1n) is 7.43. The molecule has 0 N–H and O–H groups in total. The van der Waals surface area contributed by atoms with E-state index in [1.165, 1.54) is 11.8 Å². The first-order valence-corrected chi connectivity index (χ1v) is 9.61. The number of rotatable bonds is 5. The Morgan fingerprint density at radius 1 is 1.29 bits per heavy atom. The number of hydrogen-bond acceptors (Lipinski definition) is 5. The molecule has 2 aromatic heterocycles. The molecule has 0 aliphatic rings. The van der Waals surface area contributed by atoms with Crippen LogP contribution in [0.25, 0.3) is 15.9 Å². The molecule has 4 nitrogen and oxygen atoms in total. The van der Waals surface area contributed by atoms with Gasteiger partial charge in [0, 0.05) is 22.8 Å². The van der Waals surface area contributed by atoms with E-state index >= 15 is 0 Å². The number of fused-ring (bicyclic) bond motifs is 1. The van der Waals surface area contributed by atoms with Crippen molar-refractivity contribution in [3.8, 4) is 5.69 Å². The van der Waals surface area contributed by atoms with Crippen LogP contribution in [0.3, 0.4) is 0 Å². The molecule has 0 saturated carbocycles. The second-order valence-electron chi connectivity index (χ2n) is 5.32. The summed E-state index contributed by atoms with van der Waals surface area (Å²) in [4.78, 5) is 19.8. The van der Waals surface area contributed by atoms with E-state index in [9.17, 15) is 4.79 Å². The zero-order valence-electron chi connectivity index (χ0n) is 13.6. The van der Waals surface area contributed by atoms with Crippen molar-refractivity contribution in [3.63, 3.8) is 0 Å². The molecular formula is C17H17ClN2O2S2. The fourth-order valence-electron chi connectivity index (χ4n) is 2.41. The van der Waals surface area contributed by atoms with Crippen LogP contribution in [-0.2, 0) is 4.74 Å². The maximum absolute atomic E-state index is 13.2. The Morgan fingerprint density at radius 3 is 2.67 bits per heavy atom. The quantitative estimate of drug-likeness (QED) is 0.372. The van der Waals surface area contributed by atoms with Crippen LogP contribution < -0.4 is 5.56 Å². The van der Waals surface area contributed by atoms with E-state index < -0.39 is 0 Å². The lowest BCUT2D eigenvalue weighted by Crippen LogP contribution is -2.21. The molecule has 0 radical (unpaired) electrons. The minimum absolute atomic E-state index is 0.0379.